The zero-order chi connectivity index (χ0) is 19.8. The molecule has 142 valence electrons. The molecule has 2 heterocycles. The average Bonchev–Trinajstić information content (AvgIpc) is 3.04. The number of thioether (sulfide) groups is 1. The van der Waals surface area contributed by atoms with E-state index in [9.17, 15) is 4.79 Å². The maximum absolute atomic E-state index is 12.4. The van der Waals surface area contributed by atoms with E-state index in [4.69, 9.17) is 0 Å². The van der Waals surface area contributed by atoms with Gasteiger partial charge in [-0.2, -0.15) is 0 Å². The van der Waals surface area contributed by atoms with Crippen LogP contribution < -0.4 is 5.32 Å². The number of pyridine rings is 1. The molecule has 0 aliphatic carbocycles. The number of hydrogen-bond acceptors (Lipinski definition) is 4. The Morgan fingerprint density at radius 2 is 1.79 bits per heavy atom. The number of nitrogens with one attached hydrogen (secondary N) is 1. The molecule has 6 heteroatoms. The molecule has 0 saturated carbocycles. The van der Waals surface area contributed by atoms with Gasteiger partial charge in [-0.25, -0.2) is 0 Å². The molecular weight excluding hydrogens is 368 g/mol. The van der Waals surface area contributed by atoms with Crippen LogP contribution in [0.15, 0.2) is 47.6 Å². The van der Waals surface area contributed by atoms with E-state index >= 15 is 0 Å². The van der Waals surface area contributed by atoms with Crippen LogP contribution in [-0.4, -0.2) is 26.3 Å². The third kappa shape index (κ3) is 3.36. The lowest BCUT2D eigenvalue weighted by atomic mass is 10.0. The molecule has 1 amide bonds. The van der Waals surface area contributed by atoms with Gasteiger partial charge in [0.25, 0.3) is 0 Å². The van der Waals surface area contributed by atoms with Crippen molar-refractivity contribution in [2.75, 3.05) is 11.1 Å². The Balaban J connectivity index is 1.65. The van der Waals surface area contributed by atoms with E-state index in [0.717, 1.165) is 27.6 Å². The minimum Gasteiger partial charge on any atom is -0.325 e. The fourth-order valence-electron chi connectivity index (χ4n) is 3.54. The molecule has 1 N–H and O–H groups in total. The van der Waals surface area contributed by atoms with Gasteiger partial charge in [-0.1, -0.05) is 41.6 Å². The number of carbonyl (C=O) groups is 1. The molecule has 2 aromatic heterocycles. The van der Waals surface area contributed by atoms with Gasteiger partial charge in [-0.3, -0.25) is 9.20 Å². The highest BCUT2D eigenvalue weighted by Gasteiger charge is 2.15. The van der Waals surface area contributed by atoms with Crippen molar-refractivity contribution in [2.24, 2.45) is 0 Å². The molecule has 0 bridgehead atoms. The van der Waals surface area contributed by atoms with Crippen molar-refractivity contribution in [3.05, 3.63) is 64.7 Å². The number of benzene rings is 2. The lowest BCUT2D eigenvalue weighted by molar-refractivity contribution is -0.113. The van der Waals surface area contributed by atoms with Crippen LogP contribution in [0.1, 0.15) is 22.3 Å². The van der Waals surface area contributed by atoms with Crippen LogP contribution in [0.25, 0.3) is 16.6 Å². The Bertz CT molecular complexity index is 1210. The van der Waals surface area contributed by atoms with Crippen LogP contribution in [0.5, 0.6) is 0 Å². The molecule has 0 unspecified atom stereocenters. The van der Waals surface area contributed by atoms with Gasteiger partial charge in [-0.05, 0) is 62.6 Å². The first-order valence-corrected chi connectivity index (χ1v) is 10.2. The summed E-state index contributed by atoms with van der Waals surface area (Å²) >= 11 is 1.40. The molecule has 2 aromatic carbocycles. The van der Waals surface area contributed by atoms with Crippen LogP contribution in [-0.2, 0) is 4.79 Å². The Kier molecular flexibility index (Phi) is 4.81. The highest BCUT2D eigenvalue weighted by Crippen LogP contribution is 2.29. The van der Waals surface area contributed by atoms with Crippen LogP contribution >= 0.6 is 11.8 Å². The number of hydrogen-bond donors (Lipinski definition) is 1. The lowest BCUT2D eigenvalue weighted by Crippen LogP contribution is -2.15. The summed E-state index contributed by atoms with van der Waals surface area (Å²) in [6, 6.07) is 14.2. The molecule has 4 rings (SSSR count). The van der Waals surface area contributed by atoms with Gasteiger partial charge >= 0.3 is 0 Å². The predicted octanol–water partition coefficient (Wildman–Crippen LogP) is 4.85. The maximum Gasteiger partial charge on any atom is 0.234 e. The minimum atomic E-state index is -0.0555. The monoisotopic (exact) mass is 390 g/mol. The molecule has 0 aliphatic heterocycles. The van der Waals surface area contributed by atoms with Crippen molar-refractivity contribution < 1.29 is 4.79 Å². The molecule has 4 aromatic rings. The third-order valence-electron chi connectivity index (χ3n) is 4.85. The first-order valence-electron chi connectivity index (χ1n) is 9.18. The van der Waals surface area contributed by atoms with Crippen molar-refractivity contribution >= 4 is 39.9 Å². The summed E-state index contributed by atoms with van der Waals surface area (Å²) < 4.78 is 2.06. The van der Waals surface area contributed by atoms with E-state index in [1.54, 1.807) is 0 Å². The first-order chi connectivity index (χ1) is 13.4. The second kappa shape index (κ2) is 7.28. The molecule has 5 nitrogen and oxygen atoms in total. The number of nitrogens with zero attached hydrogens (tertiary/aromatic N) is 3. The molecule has 28 heavy (non-hydrogen) atoms. The standard InChI is InChI=1S/C22H22N4OS/c1-13-9-16(4)21-17(10-13)15(3)11-19-24-25-22(26(19)21)28-12-20(27)23-18-8-6-5-7-14(18)2/h5-11H,12H2,1-4H3,(H,23,27). The van der Waals surface area contributed by atoms with Gasteiger partial charge in [-0.15, -0.1) is 10.2 Å². The van der Waals surface area contributed by atoms with Gasteiger partial charge in [0.15, 0.2) is 10.8 Å². The van der Waals surface area contributed by atoms with Crippen molar-refractivity contribution in [1.29, 1.82) is 0 Å². The van der Waals surface area contributed by atoms with Crippen molar-refractivity contribution in [2.45, 2.75) is 32.9 Å². The van der Waals surface area contributed by atoms with E-state index in [0.29, 0.717) is 0 Å². The summed E-state index contributed by atoms with van der Waals surface area (Å²) in [4.78, 5) is 12.4. The smallest absolute Gasteiger partial charge is 0.234 e. The number of carbonyl (C=O) groups excluding carboxylic acids is 1. The summed E-state index contributed by atoms with van der Waals surface area (Å²) in [5.74, 6) is 0.218. The van der Waals surface area contributed by atoms with E-state index in [1.807, 2.05) is 37.3 Å². The van der Waals surface area contributed by atoms with E-state index in [-0.39, 0.29) is 11.7 Å². The Hall–Kier alpha value is -2.86. The number of para-hydroxylation sites is 1. The summed E-state index contributed by atoms with van der Waals surface area (Å²) in [6.45, 7) is 8.29. The second-order valence-electron chi connectivity index (χ2n) is 7.13. The van der Waals surface area contributed by atoms with Crippen molar-refractivity contribution in [3.63, 3.8) is 0 Å². The Labute approximate surface area is 168 Å². The normalized spacial score (nSPS) is 11.3. The van der Waals surface area contributed by atoms with Crippen LogP contribution in [0.3, 0.4) is 0 Å². The highest BCUT2D eigenvalue weighted by molar-refractivity contribution is 7.99. The largest absolute Gasteiger partial charge is 0.325 e. The fourth-order valence-corrected chi connectivity index (χ4v) is 4.28. The van der Waals surface area contributed by atoms with Gasteiger partial charge in [0.05, 0.1) is 11.3 Å². The topological polar surface area (TPSA) is 59.3 Å². The molecule has 0 saturated heterocycles. The summed E-state index contributed by atoms with van der Waals surface area (Å²) in [5, 5.41) is 13.6. The van der Waals surface area contributed by atoms with Crippen LogP contribution in [0.2, 0.25) is 0 Å². The number of aromatic nitrogens is 3. The second-order valence-corrected chi connectivity index (χ2v) is 8.08. The number of anilines is 1. The van der Waals surface area contributed by atoms with Gasteiger partial charge in [0, 0.05) is 11.1 Å². The number of amides is 1. The molecular formula is C22H22N4OS. The molecule has 0 aliphatic rings. The number of fused-ring (bicyclic) bond motifs is 3. The summed E-state index contributed by atoms with van der Waals surface area (Å²) in [7, 11) is 0. The minimum absolute atomic E-state index is 0.0555. The summed E-state index contributed by atoms with van der Waals surface area (Å²) in [6.07, 6.45) is 0. The Morgan fingerprint density at radius 3 is 2.57 bits per heavy atom. The summed E-state index contributed by atoms with van der Waals surface area (Å²) in [5.41, 5.74) is 7.37. The average molecular weight is 391 g/mol. The molecule has 0 radical (unpaired) electrons. The van der Waals surface area contributed by atoms with Crippen molar-refractivity contribution in [1.82, 2.24) is 14.6 Å². The molecule has 0 atom stereocenters. The third-order valence-corrected chi connectivity index (χ3v) is 5.78. The van der Waals surface area contributed by atoms with Gasteiger partial charge in [0.2, 0.25) is 5.91 Å². The number of rotatable bonds is 4. The zero-order valence-electron chi connectivity index (χ0n) is 16.4. The van der Waals surface area contributed by atoms with E-state index in [2.05, 4.69) is 52.8 Å². The first kappa shape index (κ1) is 18.5. The van der Waals surface area contributed by atoms with E-state index < -0.39 is 0 Å². The maximum atomic E-state index is 12.4. The van der Waals surface area contributed by atoms with Crippen molar-refractivity contribution in [3.8, 4) is 0 Å². The van der Waals surface area contributed by atoms with Crippen LogP contribution in [0.4, 0.5) is 5.69 Å². The lowest BCUT2D eigenvalue weighted by Gasteiger charge is -2.11. The highest BCUT2D eigenvalue weighted by atomic mass is 32.2. The molecule has 0 fully saturated rings. The quantitative estimate of drug-likeness (QED) is 0.506. The van der Waals surface area contributed by atoms with Gasteiger partial charge < -0.3 is 5.32 Å². The molecule has 0 spiro atoms. The zero-order valence-corrected chi connectivity index (χ0v) is 17.2. The fraction of sp³-hybridized carbons (Fsp3) is 0.227. The Morgan fingerprint density at radius 1 is 1.00 bits per heavy atom. The number of aryl methyl sites for hydroxylation is 4. The van der Waals surface area contributed by atoms with Gasteiger partial charge in [0.1, 0.15) is 0 Å². The van der Waals surface area contributed by atoms with E-state index in [1.165, 1.54) is 33.8 Å². The SMILES string of the molecule is Cc1cc(C)c2c(c1)c(C)cc1nnc(SCC(=O)Nc3ccccc3C)n12. The predicted molar refractivity (Wildman–Crippen MR) is 115 cm³/mol. The van der Waals surface area contributed by atoms with Crippen LogP contribution in [0, 0.1) is 27.7 Å².